The molecule has 1 atom stereocenters. The van der Waals surface area contributed by atoms with Crippen LogP contribution in [0.15, 0.2) is 84.0 Å². The molecule has 0 radical (unpaired) electrons. The van der Waals surface area contributed by atoms with Crippen LogP contribution in [0, 0.1) is 0 Å². The molecule has 0 fully saturated rings. The Labute approximate surface area is 247 Å². The molecule has 4 aromatic rings. The summed E-state index contributed by atoms with van der Waals surface area (Å²) in [5, 5.41) is 13.3. The minimum absolute atomic E-state index is 0.220. The first-order valence-electron chi connectivity index (χ1n) is 11.1. The number of carboxylic acid groups (broad SMARTS) is 1. The maximum absolute atomic E-state index is 13.2. The van der Waals surface area contributed by atoms with E-state index in [9.17, 15) is 19.5 Å². The van der Waals surface area contributed by atoms with Gasteiger partial charge in [0, 0.05) is 28.7 Å². The third-order valence-electron chi connectivity index (χ3n) is 5.36. The van der Waals surface area contributed by atoms with E-state index in [0.717, 1.165) is 10.5 Å². The highest BCUT2D eigenvalue weighted by atomic mass is 35.5. The molecule has 1 aromatic heterocycles. The number of halogens is 4. The van der Waals surface area contributed by atoms with Crippen molar-refractivity contribution >= 4 is 87.3 Å². The molecule has 2 amide bonds. The Morgan fingerprint density at radius 3 is 1.87 bits per heavy atom. The third-order valence-corrected chi connectivity index (χ3v) is 8.43. The number of carbonyl (C=O) groups is 3. The summed E-state index contributed by atoms with van der Waals surface area (Å²) < 4.78 is 0. The molecule has 39 heavy (non-hydrogen) atoms. The van der Waals surface area contributed by atoms with E-state index in [1.807, 2.05) is 30.3 Å². The number of pyridine rings is 1. The maximum Gasteiger partial charge on any atom is 0.338 e. The zero-order chi connectivity index (χ0) is 28.1. The molecule has 0 spiro atoms. The number of carbonyl (C=O) groups excluding carboxylic acids is 2. The molecule has 1 unspecified atom stereocenters. The first-order chi connectivity index (χ1) is 18.7. The van der Waals surface area contributed by atoms with Crippen molar-refractivity contribution in [1.29, 1.82) is 0 Å². The van der Waals surface area contributed by atoms with Crippen LogP contribution < -0.4 is 10.6 Å². The lowest BCUT2D eigenvalue weighted by atomic mass is 10.1. The van der Waals surface area contributed by atoms with E-state index in [2.05, 4.69) is 15.6 Å². The molecule has 0 aliphatic heterocycles. The predicted octanol–water partition coefficient (Wildman–Crippen LogP) is 8.12. The summed E-state index contributed by atoms with van der Waals surface area (Å²) in [5.41, 5.74) is 0.789. The summed E-state index contributed by atoms with van der Waals surface area (Å²) in [6.07, 6.45) is 3.18. The fraction of sp³-hybridized carbons (Fsp3) is 0.0370. The van der Waals surface area contributed by atoms with Crippen LogP contribution in [0.25, 0.3) is 0 Å². The summed E-state index contributed by atoms with van der Waals surface area (Å²) in [4.78, 5) is 42.7. The Bertz CT molecular complexity index is 1540. The molecule has 1 heterocycles. The van der Waals surface area contributed by atoms with Crippen molar-refractivity contribution in [1.82, 2.24) is 4.98 Å². The minimum Gasteiger partial charge on any atom is -0.478 e. The van der Waals surface area contributed by atoms with Gasteiger partial charge in [0.15, 0.2) is 0 Å². The van der Waals surface area contributed by atoms with Gasteiger partial charge in [-0.15, -0.1) is 11.8 Å². The predicted molar refractivity (Wildman–Crippen MR) is 156 cm³/mol. The average molecular weight is 621 g/mol. The zero-order valence-electron chi connectivity index (χ0n) is 19.6. The molecular weight excluding hydrogens is 604 g/mol. The number of anilines is 2. The number of nitrogens with zero attached hydrogens (tertiary/aromatic N) is 1. The summed E-state index contributed by atoms with van der Waals surface area (Å²) in [6.45, 7) is 0. The van der Waals surface area contributed by atoms with Crippen LogP contribution in [0.3, 0.4) is 0 Å². The summed E-state index contributed by atoms with van der Waals surface area (Å²) >= 11 is 25.5. The van der Waals surface area contributed by atoms with Crippen molar-refractivity contribution in [3.05, 3.63) is 116 Å². The zero-order valence-corrected chi connectivity index (χ0v) is 23.5. The number of hydrogen-bond acceptors (Lipinski definition) is 5. The number of thioether (sulfide) groups is 1. The summed E-state index contributed by atoms with van der Waals surface area (Å²) in [7, 11) is 0. The van der Waals surface area contributed by atoms with Crippen molar-refractivity contribution < 1.29 is 19.5 Å². The summed E-state index contributed by atoms with van der Waals surface area (Å²) in [6, 6.07) is 19.4. The Balaban J connectivity index is 1.55. The first kappa shape index (κ1) is 28.7. The smallest absolute Gasteiger partial charge is 0.338 e. The lowest BCUT2D eigenvalue weighted by molar-refractivity contribution is -0.115. The second-order valence-corrected chi connectivity index (χ2v) is 10.6. The van der Waals surface area contributed by atoms with E-state index >= 15 is 0 Å². The molecule has 0 saturated carbocycles. The molecule has 3 N–H and O–H groups in total. The van der Waals surface area contributed by atoms with Gasteiger partial charge in [0.05, 0.1) is 31.2 Å². The molecule has 12 heteroatoms. The second kappa shape index (κ2) is 12.7. The van der Waals surface area contributed by atoms with Crippen molar-refractivity contribution in [2.75, 3.05) is 10.6 Å². The molecule has 0 aliphatic carbocycles. The van der Waals surface area contributed by atoms with Gasteiger partial charge in [0.25, 0.3) is 5.91 Å². The van der Waals surface area contributed by atoms with Crippen LogP contribution in [-0.4, -0.2) is 27.9 Å². The van der Waals surface area contributed by atoms with E-state index in [-0.39, 0.29) is 21.0 Å². The topological polar surface area (TPSA) is 108 Å². The van der Waals surface area contributed by atoms with Crippen LogP contribution in [0.2, 0.25) is 20.1 Å². The van der Waals surface area contributed by atoms with Gasteiger partial charge in [-0.25, -0.2) is 4.79 Å². The molecule has 0 aliphatic rings. The lowest BCUT2D eigenvalue weighted by Crippen LogP contribution is -2.19. The van der Waals surface area contributed by atoms with E-state index in [4.69, 9.17) is 46.4 Å². The van der Waals surface area contributed by atoms with Gasteiger partial charge >= 0.3 is 5.97 Å². The molecule has 7 nitrogen and oxygen atoms in total. The number of rotatable bonds is 8. The van der Waals surface area contributed by atoms with Crippen LogP contribution >= 0.6 is 58.2 Å². The molecule has 4 rings (SSSR count). The fourth-order valence-electron chi connectivity index (χ4n) is 3.54. The number of benzene rings is 3. The third kappa shape index (κ3) is 6.66. The molecule has 0 bridgehead atoms. The van der Waals surface area contributed by atoms with E-state index in [1.54, 1.807) is 48.8 Å². The number of aromatic carboxylic acids is 1. The van der Waals surface area contributed by atoms with Crippen LogP contribution in [0.4, 0.5) is 11.4 Å². The SMILES string of the molecule is O=C(O)c1c(Cl)c(Cl)c(Cl)c(Cl)c1C(=O)Nc1ccc(SC(C(=O)Nc2ccncc2)c2ccccc2)cc1. The Kier molecular flexibility index (Phi) is 9.37. The van der Waals surface area contributed by atoms with Gasteiger partial charge in [0.2, 0.25) is 5.91 Å². The van der Waals surface area contributed by atoms with Crippen molar-refractivity contribution in [3.8, 4) is 0 Å². The highest BCUT2D eigenvalue weighted by Crippen LogP contribution is 2.42. The van der Waals surface area contributed by atoms with Gasteiger partial charge in [-0.3, -0.25) is 14.6 Å². The number of carboxylic acids is 1. The number of hydrogen-bond donors (Lipinski definition) is 3. The number of amides is 2. The Morgan fingerprint density at radius 1 is 0.718 bits per heavy atom. The standard InChI is InChI=1S/C27H17Cl4N3O4S/c28-20-18(19(27(37)38)21(29)23(31)22(20)30)25(35)33-15-6-8-17(9-7-15)39-24(14-4-2-1-3-5-14)26(36)34-16-10-12-32-13-11-16/h1-13,24H,(H,33,35)(H,37,38)(H,32,34,36). The molecule has 3 aromatic carbocycles. The van der Waals surface area contributed by atoms with Gasteiger partial charge in [-0.2, -0.15) is 0 Å². The lowest BCUT2D eigenvalue weighted by Gasteiger charge is -2.17. The Hall–Kier alpha value is -3.27. The highest BCUT2D eigenvalue weighted by Gasteiger charge is 2.29. The van der Waals surface area contributed by atoms with Gasteiger partial charge < -0.3 is 15.7 Å². The average Bonchev–Trinajstić information content (AvgIpc) is 2.94. The Morgan fingerprint density at radius 2 is 1.28 bits per heavy atom. The summed E-state index contributed by atoms with van der Waals surface area (Å²) in [5.74, 6) is -2.55. The molecule has 198 valence electrons. The molecular formula is C27H17Cl4N3O4S. The van der Waals surface area contributed by atoms with Crippen molar-refractivity contribution in [2.45, 2.75) is 10.1 Å². The normalized spacial score (nSPS) is 11.5. The van der Waals surface area contributed by atoms with Crippen LogP contribution in [-0.2, 0) is 4.79 Å². The van der Waals surface area contributed by atoms with Crippen molar-refractivity contribution in [3.63, 3.8) is 0 Å². The molecule has 0 saturated heterocycles. The highest BCUT2D eigenvalue weighted by molar-refractivity contribution is 8.00. The maximum atomic E-state index is 13.2. The number of nitrogens with one attached hydrogen (secondary N) is 2. The van der Waals surface area contributed by atoms with E-state index in [0.29, 0.717) is 11.4 Å². The van der Waals surface area contributed by atoms with E-state index in [1.165, 1.54) is 11.8 Å². The van der Waals surface area contributed by atoms with Gasteiger partial charge in [-0.1, -0.05) is 76.7 Å². The quantitative estimate of drug-likeness (QED) is 0.104. The van der Waals surface area contributed by atoms with Crippen LogP contribution in [0.5, 0.6) is 0 Å². The van der Waals surface area contributed by atoms with Gasteiger partial charge in [0.1, 0.15) is 5.25 Å². The fourth-order valence-corrected chi connectivity index (χ4v) is 5.58. The largest absolute Gasteiger partial charge is 0.478 e. The first-order valence-corrected chi connectivity index (χ1v) is 13.5. The van der Waals surface area contributed by atoms with Gasteiger partial charge in [-0.05, 0) is 42.0 Å². The second-order valence-electron chi connectivity index (χ2n) is 7.92. The number of aromatic nitrogens is 1. The van der Waals surface area contributed by atoms with Crippen LogP contribution in [0.1, 0.15) is 31.5 Å². The monoisotopic (exact) mass is 619 g/mol. The van der Waals surface area contributed by atoms with Crippen molar-refractivity contribution in [2.24, 2.45) is 0 Å². The van der Waals surface area contributed by atoms with E-state index < -0.39 is 33.3 Å². The minimum atomic E-state index is -1.49.